The summed E-state index contributed by atoms with van der Waals surface area (Å²) >= 11 is 0. The number of hydrogen-bond donors (Lipinski definition) is 1. The van der Waals surface area contributed by atoms with E-state index in [9.17, 15) is 0 Å². The van der Waals surface area contributed by atoms with Crippen molar-refractivity contribution in [3.8, 4) is 5.69 Å². The van der Waals surface area contributed by atoms with Crippen LogP contribution >= 0.6 is 0 Å². The molecule has 0 amide bonds. The van der Waals surface area contributed by atoms with Gasteiger partial charge in [0.1, 0.15) is 0 Å². The summed E-state index contributed by atoms with van der Waals surface area (Å²) in [7, 11) is 1.71. The highest BCUT2D eigenvalue weighted by molar-refractivity contribution is 5.85. The maximum Gasteiger partial charge on any atom is 0.0657 e. The number of rotatable bonds is 8. The summed E-state index contributed by atoms with van der Waals surface area (Å²) in [6, 6.07) is 11.0. The molecule has 4 nitrogen and oxygen atoms in total. The average molecular weight is 351 g/mol. The number of hydrogen-bond acceptors (Lipinski definition) is 2. The van der Waals surface area contributed by atoms with Crippen molar-refractivity contribution in [2.24, 2.45) is 10.9 Å². The van der Waals surface area contributed by atoms with Crippen molar-refractivity contribution in [3.05, 3.63) is 53.5 Å². The summed E-state index contributed by atoms with van der Waals surface area (Å²) in [4.78, 5) is 7.93. The quantitative estimate of drug-likeness (QED) is 0.457. The molecule has 0 fully saturated rings. The smallest absolute Gasteiger partial charge is 0.0657 e. The average Bonchev–Trinajstić information content (AvgIpc) is 3.20. The molecule has 1 atom stereocenters. The number of aromatic nitrogens is 2. The third-order valence-electron chi connectivity index (χ3n) is 5.03. The lowest BCUT2D eigenvalue weighted by molar-refractivity contribution is 0.208. The molecular formula is C22H29N3O. The Labute approximate surface area is 155 Å². The number of aliphatic imine (C=N–C) groups is 1. The van der Waals surface area contributed by atoms with Gasteiger partial charge in [0.05, 0.1) is 13.2 Å². The van der Waals surface area contributed by atoms with E-state index in [1.165, 1.54) is 33.5 Å². The Morgan fingerprint density at radius 2 is 1.96 bits per heavy atom. The largest absolute Gasteiger partial charge is 0.383 e. The molecule has 138 valence electrons. The third-order valence-corrected chi connectivity index (χ3v) is 5.03. The van der Waals surface area contributed by atoms with Crippen LogP contribution in [0.1, 0.15) is 30.3 Å². The van der Waals surface area contributed by atoms with Gasteiger partial charge in [-0.15, -0.1) is 0 Å². The highest BCUT2D eigenvalue weighted by Crippen LogP contribution is 2.26. The van der Waals surface area contributed by atoms with Gasteiger partial charge in [0.15, 0.2) is 0 Å². The van der Waals surface area contributed by atoms with E-state index >= 15 is 0 Å². The zero-order valence-electron chi connectivity index (χ0n) is 16.2. The number of benzene rings is 1. The summed E-state index contributed by atoms with van der Waals surface area (Å²) in [5.74, 6) is 0.449. The number of aryl methyl sites for hydroxylation is 2. The Balaban J connectivity index is 1.87. The molecule has 26 heavy (non-hydrogen) atoms. The first-order valence-electron chi connectivity index (χ1n) is 9.38. The van der Waals surface area contributed by atoms with Gasteiger partial charge in [-0.25, -0.2) is 0 Å². The Kier molecular flexibility index (Phi) is 5.94. The fourth-order valence-corrected chi connectivity index (χ4v) is 3.50. The standard InChI is InChI=1S/C22H29N3O/c1-5-18(14-23-10-11-26-4)12-19-15-24-22-9-8-20(13-21(19)22)25-16(2)6-7-17(25)3/h6-9,13-15,18,24H,5,10-12H2,1-4H3/t18-/m1/s1. The van der Waals surface area contributed by atoms with E-state index < -0.39 is 0 Å². The zero-order valence-corrected chi connectivity index (χ0v) is 16.2. The van der Waals surface area contributed by atoms with Gasteiger partial charge in [-0.05, 0) is 68.5 Å². The molecular weight excluding hydrogens is 322 g/mol. The summed E-state index contributed by atoms with van der Waals surface area (Å²) in [5, 5.41) is 1.30. The van der Waals surface area contributed by atoms with E-state index in [1.807, 2.05) is 0 Å². The molecule has 1 N–H and O–H groups in total. The van der Waals surface area contributed by atoms with Crippen molar-refractivity contribution in [1.29, 1.82) is 0 Å². The molecule has 2 heterocycles. The van der Waals surface area contributed by atoms with E-state index in [0.29, 0.717) is 12.5 Å². The molecule has 1 aromatic carbocycles. The van der Waals surface area contributed by atoms with Crippen LogP contribution < -0.4 is 0 Å². The van der Waals surface area contributed by atoms with Crippen LogP contribution in [-0.2, 0) is 11.2 Å². The number of fused-ring (bicyclic) bond motifs is 1. The van der Waals surface area contributed by atoms with Gasteiger partial charge in [-0.3, -0.25) is 4.99 Å². The van der Waals surface area contributed by atoms with Gasteiger partial charge in [0, 0.05) is 47.5 Å². The molecule has 2 aromatic heterocycles. The predicted molar refractivity (Wildman–Crippen MR) is 110 cm³/mol. The molecule has 4 heteroatoms. The second-order valence-corrected chi connectivity index (χ2v) is 6.92. The molecule has 3 aromatic rings. The van der Waals surface area contributed by atoms with Crippen LogP contribution in [-0.4, -0.2) is 36.0 Å². The van der Waals surface area contributed by atoms with Gasteiger partial charge in [0.2, 0.25) is 0 Å². The molecule has 0 radical (unpaired) electrons. The van der Waals surface area contributed by atoms with Crippen LogP contribution in [0.4, 0.5) is 0 Å². The molecule has 0 spiro atoms. The molecule has 0 bridgehead atoms. The highest BCUT2D eigenvalue weighted by Gasteiger charge is 2.11. The molecule has 3 rings (SSSR count). The van der Waals surface area contributed by atoms with Crippen molar-refractivity contribution < 1.29 is 4.74 Å². The molecule has 0 aliphatic heterocycles. The maximum absolute atomic E-state index is 5.07. The number of nitrogens with zero attached hydrogens (tertiary/aromatic N) is 2. The molecule has 0 saturated heterocycles. The lowest BCUT2D eigenvalue weighted by atomic mass is 9.97. The number of H-pyrrole nitrogens is 1. The Morgan fingerprint density at radius 1 is 1.19 bits per heavy atom. The van der Waals surface area contributed by atoms with Gasteiger partial charge >= 0.3 is 0 Å². The van der Waals surface area contributed by atoms with Gasteiger partial charge in [0.25, 0.3) is 0 Å². The second-order valence-electron chi connectivity index (χ2n) is 6.92. The Bertz CT molecular complexity index is 869. The predicted octanol–water partition coefficient (Wildman–Crippen LogP) is 4.86. The number of nitrogens with one attached hydrogen (secondary N) is 1. The molecule has 0 saturated carbocycles. The van der Waals surface area contributed by atoms with Crippen LogP contribution in [0.2, 0.25) is 0 Å². The van der Waals surface area contributed by atoms with Crippen molar-refractivity contribution in [2.75, 3.05) is 20.3 Å². The van der Waals surface area contributed by atoms with Gasteiger partial charge in [-0.2, -0.15) is 0 Å². The summed E-state index contributed by atoms with van der Waals surface area (Å²) in [6.07, 6.45) is 6.33. The lowest BCUT2D eigenvalue weighted by Gasteiger charge is -2.11. The van der Waals surface area contributed by atoms with E-state index in [-0.39, 0.29) is 0 Å². The Hall–Kier alpha value is -2.33. The molecule has 0 unspecified atom stereocenters. The SMILES string of the molecule is CC[C@@H](C=NCCOC)Cc1c[nH]c2ccc(-n3c(C)ccc3C)cc12. The fourth-order valence-electron chi connectivity index (χ4n) is 3.50. The van der Waals surface area contributed by atoms with Crippen molar-refractivity contribution in [1.82, 2.24) is 9.55 Å². The summed E-state index contributed by atoms with van der Waals surface area (Å²) < 4.78 is 7.37. The number of ether oxygens (including phenoxy) is 1. The zero-order chi connectivity index (χ0) is 18.5. The maximum atomic E-state index is 5.07. The molecule has 0 aliphatic rings. The summed E-state index contributed by atoms with van der Waals surface area (Å²) in [5.41, 5.74) is 6.29. The third kappa shape index (κ3) is 3.91. The van der Waals surface area contributed by atoms with E-state index in [2.05, 4.69) is 78.1 Å². The second kappa shape index (κ2) is 8.37. The monoisotopic (exact) mass is 351 g/mol. The van der Waals surface area contributed by atoms with Crippen LogP contribution in [0.5, 0.6) is 0 Å². The van der Waals surface area contributed by atoms with Gasteiger partial charge < -0.3 is 14.3 Å². The number of aromatic amines is 1. The van der Waals surface area contributed by atoms with Crippen LogP contribution in [0.25, 0.3) is 16.6 Å². The van der Waals surface area contributed by atoms with E-state index in [1.54, 1.807) is 7.11 Å². The minimum absolute atomic E-state index is 0.449. The first kappa shape index (κ1) is 18.5. The Morgan fingerprint density at radius 3 is 2.65 bits per heavy atom. The summed E-state index contributed by atoms with van der Waals surface area (Å²) in [6.45, 7) is 7.94. The van der Waals surface area contributed by atoms with Crippen molar-refractivity contribution in [2.45, 2.75) is 33.6 Å². The van der Waals surface area contributed by atoms with Crippen LogP contribution in [0.3, 0.4) is 0 Å². The first-order valence-corrected chi connectivity index (χ1v) is 9.38. The van der Waals surface area contributed by atoms with Crippen molar-refractivity contribution in [3.63, 3.8) is 0 Å². The lowest BCUT2D eigenvalue weighted by Crippen LogP contribution is -2.06. The van der Waals surface area contributed by atoms with E-state index in [0.717, 1.165) is 19.4 Å². The van der Waals surface area contributed by atoms with Crippen LogP contribution in [0.15, 0.2) is 41.5 Å². The van der Waals surface area contributed by atoms with E-state index in [4.69, 9.17) is 4.74 Å². The normalized spacial score (nSPS) is 13.1. The minimum Gasteiger partial charge on any atom is -0.383 e. The molecule has 0 aliphatic carbocycles. The van der Waals surface area contributed by atoms with Gasteiger partial charge in [-0.1, -0.05) is 6.92 Å². The topological polar surface area (TPSA) is 42.3 Å². The minimum atomic E-state index is 0.449. The van der Waals surface area contributed by atoms with Crippen molar-refractivity contribution >= 4 is 17.1 Å². The fraction of sp³-hybridized carbons (Fsp3) is 0.409. The highest BCUT2D eigenvalue weighted by atomic mass is 16.5. The number of methoxy groups -OCH3 is 1. The van der Waals surface area contributed by atoms with Crippen LogP contribution in [0, 0.1) is 19.8 Å². The first-order chi connectivity index (χ1) is 12.6.